The Morgan fingerprint density at radius 2 is 1.74 bits per heavy atom. The van der Waals surface area contributed by atoms with Crippen LogP contribution in [0.2, 0.25) is 0 Å². The number of aromatic nitrogens is 2. The smallest absolute Gasteiger partial charge is 0.320 e. The van der Waals surface area contributed by atoms with E-state index in [1.165, 1.54) is 5.56 Å². The largest absolute Gasteiger partial charge is 0.463 e. The summed E-state index contributed by atoms with van der Waals surface area (Å²) in [5.74, 6) is 1.56. The molecule has 1 saturated carbocycles. The standard InChI is InChI=1S/C32H39N7O3/c33-15-25-28(38-16-23-6-7-24(17-38)34-23)35-30(42-21-31(9-10-31)18-37-11-13-41-14-12-37)36-29(25)39-19-32(20-39)26-4-2-1-3-22(26)5-8-27(32)40/h1-4,23-24,34H,5-14,16-21H2/t23-,24?/m1/s1. The first-order valence-corrected chi connectivity index (χ1v) is 15.7. The molecule has 0 amide bonds. The van der Waals surface area contributed by atoms with Crippen molar-refractivity contribution in [1.82, 2.24) is 20.2 Å². The van der Waals surface area contributed by atoms with Crippen molar-refractivity contribution in [3.8, 4) is 12.1 Å². The molecule has 5 heterocycles. The number of aryl methyl sites for hydroxylation is 1. The Hall–Kier alpha value is -3.26. The zero-order valence-electron chi connectivity index (χ0n) is 24.2. The number of nitriles is 1. The van der Waals surface area contributed by atoms with Crippen LogP contribution in [0.1, 0.15) is 48.8 Å². The van der Waals surface area contributed by atoms with E-state index in [0.29, 0.717) is 67.2 Å². The molecule has 2 aliphatic carbocycles. The lowest BCUT2D eigenvalue weighted by Gasteiger charge is -2.52. The number of benzene rings is 1. The number of ketones is 1. The van der Waals surface area contributed by atoms with Crippen molar-refractivity contribution in [3.05, 3.63) is 41.0 Å². The van der Waals surface area contributed by atoms with Crippen LogP contribution in [0.25, 0.3) is 0 Å². The van der Waals surface area contributed by atoms with Gasteiger partial charge in [-0.15, -0.1) is 0 Å². The molecular weight excluding hydrogens is 530 g/mol. The summed E-state index contributed by atoms with van der Waals surface area (Å²) < 4.78 is 12.0. The fourth-order valence-electron chi connectivity index (χ4n) is 7.93. The minimum absolute atomic E-state index is 0.127. The van der Waals surface area contributed by atoms with E-state index in [-0.39, 0.29) is 5.41 Å². The first-order chi connectivity index (χ1) is 20.5. The molecule has 10 nitrogen and oxygen atoms in total. The van der Waals surface area contributed by atoms with Gasteiger partial charge in [-0.25, -0.2) is 0 Å². The molecule has 8 rings (SSSR count). The van der Waals surface area contributed by atoms with Gasteiger partial charge in [-0.3, -0.25) is 9.69 Å². The van der Waals surface area contributed by atoms with E-state index < -0.39 is 5.41 Å². The average molecular weight is 570 g/mol. The van der Waals surface area contributed by atoms with Gasteiger partial charge in [0.1, 0.15) is 17.4 Å². The second kappa shape index (κ2) is 10.2. The SMILES string of the molecule is N#Cc1c(N2CC3CC[C@H](C2)N3)nc(OCC2(CN3CCOCC3)CC2)nc1N1CC2(C1)C(=O)CCc1ccccc12. The number of ether oxygens (including phenoxy) is 2. The number of piperazine rings is 1. The molecule has 6 aliphatic rings. The van der Waals surface area contributed by atoms with Crippen LogP contribution >= 0.6 is 0 Å². The number of carbonyl (C=O) groups excluding carboxylic acids is 1. The first-order valence-electron chi connectivity index (χ1n) is 15.7. The number of morpholine rings is 1. The zero-order valence-corrected chi connectivity index (χ0v) is 24.2. The second-order valence-corrected chi connectivity index (χ2v) is 13.4. The van der Waals surface area contributed by atoms with E-state index in [2.05, 4.69) is 44.3 Å². The number of anilines is 2. The van der Waals surface area contributed by atoms with Crippen molar-refractivity contribution in [2.75, 3.05) is 75.4 Å². The van der Waals surface area contributed by atoms with Crippen molar-refractivity contribution < 1.29 is 14.3 Å². The zero-order chi connectivity index (χ0) is 28.3. The summed E-state index contributed by atoms with van der Waals surface area (Å²) in [7, 11) is 0. The Morgan fingerprint density at radius 1 is 1.02 bits per heavy atom. The maximum Gasteiger partial charge on any atom is 0.320 e. The predicted molar refractivity (Wildman–Crippen MR) is 157 cm³/mol. The number of rotatable bonds is 7. The summed E-state index contributed by atoms with van der Waals surface area (Å²) in [6.45, 7) is 7.78. The molecular formula is C32H39N7O3. The number of Topliss-reactive ketones (excluding diaryl/α,β-unsaturated/α-hetero) is 1. The predicted octanol–water partition coefficient (Wildman–Crippen LogP) is 2.05. The van der Waals surface area contributed by atoms with Crippen molar-refractivity contribution >= 4 is 17.4 Å². The number of fused-ring (bicyclic) bond motifs is 4. The first kappa shape index (κ1) is 26.4. The summed E-state index contributed by atoms with van der Waals surface area (Å²) in [4.78, 5) is 30.0. The summed E-state index contributed by atoms with van der Waals surface area (Å²) in [5.41, 5.74) is 2.49. The summed E-state index contributed by atoms with van der Waals surface area (Å²) in [6.07, 6.45) is 5.92. The highest BCUT2D eigenvalue weighted by Crippen LogP contribution is 2.48. The van der Waals surface area contributed by atoms with Crippen LogP contribution in [0.5, 0.6) is 6.01 Å². The normalized spacial score (nSPS) is 27.4. The van der Waals surface area contributed by atoms with Gasteiger partial charge in [0.2, 0.25) is 0 Å². The van der Waals surface area contributed by atoms with E-state index in [1.54, 1.807) is 0 Å². The van der Waals surface area contributed by atoms with E-state index in [9.17, 15) is 10.1 Å². The highest BCUT2D eigenvalue weighted by Gasteiger charge is 2.54. The highest BCUT2D eigenvalue weighted by atomic mass is 16.5. The molecule has 1 N–H and O–H groups in total. The molecule has 1 aromatic heterocycles. The molecule has 1 aromatic carbocycles. The Labute approximate surface area is 247 Å². The topological polar surface area (TPSA) is 107 Å². The highest BCUT2D eigenvalue weighted by molar-refractivity contribution is 5.96. The third kappa shape index (κ3) is 4.53. The molecule has 4 aliphatic heterocycles. The summed E-state index contributed by atoms with van der Waals surface area (Å²) >= 11 is 0. The lowest BCUT2D eigenvalue weighted by atomic mass is 9.64. The van der Waals surface area contributed by atoms with E-state index in [0.717, 1.165) is 83.6 Å². The Bertz CT molecular complexity index is 1410. The van der Waals surface area contributed by atoms with Crippen molar-refractivity contribution in [1.29, 1.82) is 5.26 Å². The second-order valence-electron chi connectivity index (χ2n) is 13.4. The Kier molecular flexibility index (Phi) is 6.39. The van der Waals surface area contributed by atoms with Gasteiger partial charge in [0.25, 0.3) is 0 Å². The molecule has 4 saturated heterocycles. The van der Waals surface area contributed by atoms with Crippen LogP contribution in [0, 0.1) is 16.7 Å². The summed E-state index contributed by atoms with van der Waals surface area (Å²) in [5, 5.41) is 14.2. The third-order valence-corrected chi connectivity index (χ3v) is 10.5. The molecule has 1 unspecified atom stereocenters. The van der Waals surface area contributed by atoms with Crippen LogP contribution in [-0.2, 0) is 21.4 Å². The van der Waals surface area contributed by atoms with E-state index >= 15 is 0 Å². The van der Waals surface area contributed by atoms with E-state index in [1.807, 2.05) is 6.07 Å². The quantitative estimate of drug-likeness (QED) is 0.533. The number of hydrogen-bond acceptors (Lipinski definition) is 10. The van der Waals surface area contributed by atoms with Crippen molar-refractivity contribution in [3.63, 3.8) is 0 Å². The van der Waals surface area contributed by atoms with Crippen molar-refractivity contribution in [2.45, 2.75) is 56.0 Å². The molecule has 2 bridgehead atoms. The lowest BCUT2D eigenvalue weighted by Crippen LogP contribution is -2.65. The van der Waals surface area contributed by atoms with Gasteiger partial charge in [-0.2, -0.15) is 15.2 Å². The van der Waals surface area contributed by atoms with Crippen molar-refractivity contribution in [2.24, 2.45) is 5.41 Å². The molecule has 2 atom stereocenters. The molecule has 5 fully saturated rings. The molecule has 220 valence electrons. The van der Waals surface area contributed by atoms with Gasteiger partial charge in [-0.1, -0.05) is 24.3 Å². The van der Waals surface area contributed by atoms with Gasteiger partial charge in [-0.05, 0) is 43.2 Å². The summed E-state index contributed by atoms with van der Waals surface area (Å²) in [6, 6.07) is 12.0. The van der Waals surface area contributed by atoms with Gasteiger partial charge >= 0.3 is 6.01 Å². The minimum Gasteiger partial charge on any atom is -0.463 e. The van der Waals surface area contributed by atoms with Gasteiger partial charge in [0.15, 0.2) is 11.6 Å². The molecule has 1 spiro atoms. The van der Waals surface area contributed by atoms with Crippen LogP contribution in [0.15, 0.2) is 24.3 Å². The lowest BCUT2D eigenvalue weighted by molar-refractivity contribution is -0.126. The van der Waals surface area contributed by atoms with Crippen LogP contribution in [-0.4, -0.2) is 98.4 Å². The van der Waals surface area contributed by atoms with Gasteiger partial charge in [0, 0.05) is 69.7 Å². The Morgan fingerprint density at radius 3 is 2.45 bits per heavy atom. The minimum atomic E-state index is -0.530. The third-order valence-electron chi connectivity index (χ3n) is 10.5. The fourth-order valence-corrected chi connectivity index (χ4v) is 7.93. The molecule has 0 radical (unpaired) electrons. The van der Waals surface area contributed by atoms with Gasteiger partial charge in [0.05, 0.1) is 25.2 Å². The monoisotopic (exact) mass is 569 g/mol. The number of nitrogens with zero attached hydrogens (tertiary/aromatic N) is 6. The molecule has 2 aromatic rings. The van der Waals surface area contributed by atoms with Crippen LogP contribution in [0.3, 0.4) is 0 Å². The van der Waals surface area contributed by atoms with Crippen LogP contribution < -0.4 is 19.9 Å². The fraction of sp³-hybridized carbons (Fsp3) is 0.625. The maximum absolute atomic E-state index is 13.4. The number of carbonyl (C=O) groups is 1. The number of hydrogen-bond donors (Lipinski definition) is 1. The average Bonchev–Trinajstić information content (AvgIpc) is 3.68. The molecule has 10 heteroatoms. The number of nitrogens with one attached hydrogen (secondary N) is 1. The van der Waals surface area contributed by atoms with Gasteiger partial charge < -0.3 is 24.6 Å². The Balaban J connectivity index is 1.09. The van der Waals surface area contributed by atoms with E-state index in [4.69, 9.17) is 19.4 Å². The van der Waals surface area contributed by atoms with Crippen LogP contribution in [0.4, 0.5) is 11.6 Å². The molecule has 42 heavy (non-hydrogen) atoms. The maximum atomic E-state index is 13.4.